The van der Waals surface area contributed by atoms with E-state index in [2.05, 4.69) is 34.3 Å². The number of nitrogens with zero attached hydrogens (tertiary/aromatic N) is 3. The molecule has 3 aromatic rings. The van der Waals surface area contributed by atoms with Crippen LogP contribution in [0.15, 0.2) is 18.2 Å². The van der Waals surface area contributed by atoms with E-state index in [4.69, 9.17) is 37.9 Å². The van der Waals surface area contributed by atoms with Crippen LogP contribution in [0.5, 0.6) is 40.2 Å². The molecular formula is C44H50N4O10S. The topological polar surface area (TPSA) is 150 Å². The van der Waals surface area contributed by atoms with Crippen molar-refractivity contribution in [2.45, 2.75) is 88.5 Å². The van der Waals surface area contributed by atoms with E-state index in [-0.39, 0.29) is 31.2 Å². The molecule has 1 N–H and O–H groups in total. The van der Waals surface area contributed by atoms with Crippen LogP contribution in [0, 0.1) is 25.2 Å². The van der Waals surface area contributed by atoms with Gasteiger partial charge in [0.15, 0.2) is 40.0 Å². The summed E-state index contributed by atoms with van der Waals surface area (Å²) in [7, 11) is 5.34. The monoisotopic (exact) mass is 826 g/mol. The fourth-order valence-electron chi connectivity index (χ4n) is 10.7. The van der Waals surface area contributed by atoms with Gasteiger partial charge in [-0.3, -0.25) is 19.9 Å². The molecule has 59 heavy (non-hydrogen) atoms. The van der Waals surface area contributed by atoms with Gasteiger partial charge in [-0.25, -0.2) is 4.79 Å². The highest BCUT2D eigenvalue weighted by molar-refractivity contribution is 7.99. The molecule has 7 aliphatic heterocycles. The second-order valence-electron chi connectivity index (χ2n) is 15.9. The number of nitriles is 1. The lowest BCUT2D eigenvalue weighted by atomic mass is 9.71. The van der Waals surface area contributed by atoms with Crippen LogP contribution in [0.25, 0.3) is 0 Å². The molecule has 0 amide bonds. The number of thioether (sulfide) groups is 1. The van der Waals surface area contributed by atoms with Gasteiger partial charge in [-0.2, -0.15) is 5.26 Å². The molecular weight excluding hydrogens is 777 g/mol. The predicted molar refractivity (Wildman–Crippen MR) is 217 cm³/mol. The SMILES string of the molecule is CCOc1cc2c(cc1OC)[C@@]1(CS[C@@H]3c4c(OC(C)=O)c(C)c5c(c4[C@H](COC1=O)N1C3[C@H]3c4c(cc(C)c(OC)c4OCC)C[C@@H]([C@@H]1C#N)N3C)OCO5)NCC2. The standard InChI is InChI=1S/C44H50N4O10S/c1-9-53-31-15-24-11-12-46-44(26(24)16-30(31)51-7)19-59-42-34-33(41-39(56-20-57-41)22(4)38(34)58-23(5)49)29(18-55-43(44)50)48-28(17-45)27-14-25-13-21(3)37(52-8)40(54-10-2)32(25)35(36(42)48)47(27)6/h13,15-16,27-29,35-36,42,46H,9-12,14,18-20H2,1-8H3/t27-,28-,29-,35+,36?,42+,44+/m0/s1. The number of aryl methyl sites for hydroxylation is 1. The summed E-state index contributed by atoms with van der Waals surface area (Å²) in [6, 6.07) is 6.44. The van der Waals surface area contributed by atoms with Gasteiger partial charge < -0.3 is 37.9 Å². The summed E-state index contributed by atoms with van der Waals surface area (Å²) in [5, 5.41) is 14.4. The number of likely N-dealkylation sites (N-methyl/N-ethyl adjacent to an activating group) is 1. The first kappa shape index (κ1) is 39.6. The molecule has 1 spiro atoms. The first-order valence-corrected chi connectivity index (χ1v) is 21.3. The van der Waals surface area contributed by atoms with Crippen molar-refractivity contribution in [3.8, 4) is 46.3 Å². The summed E-state index contributed by atoms with van der Waals surface area (Å²) in [5.74, 6) is 3.16. The average molecular weight is 827 g/mol. The minimum Gasteiger partial charge on any atom is -0.493 e. The lowest BCUT2D eigenvalue weighted by molar-refractivity contribution is -0.157. The van der Waals surface area contributed by atoms with E-state index >= 15 is 0 Å². The maximum Gasteiger partial charge on any atom is 0.331 e. The number of rotatable bonds is 7. The lowest BCUT2D eigenvalue weighted by Gasteiger charge is -2.62. The van der Waals surface area contributed by atoms with Crippen molar-refractivity contribution in [3.05, 3.63) is 62.7 Å². The van der Waals surface area contributed by atoms with Gasteiger partial charge in [0.1, 0.15) is 18.4 Å². The smallest absolute Gasteiger partial charge is 0.331 e. The second-order valence-corrected chi connectivity index (χ2v) is 17.0. The summed E-state index contributed by atoms with van der Waals surface area (Å²) in [4.78, 5) is 32.6. The largest absolute Gasteiger partial charge is 0.493 e. The molecule has 7 aliphatic rings. The maximum atomic E-state index is 15.0. The van der Waals surface area contributed by atoms with Crippen LogP contribution < -0.4 is 38.5 Å². The van der Waals surface area contributed by atoms with Crippen LogP contribution in [0.1, 0.15) is 82.6 Å². The zero-order valence-electron chi connectivity index (χ0n) is 34.7. The average Bonchev–Trinajstić information content (AvgIpc) is 3.71. The molecule has 14 nitrogen and oxygen atoms in total. The minimum absolute atomic E-state index is 0.0326. The number of hydrogen-bond acceptors (Lipinski definition) is 15. The minimum atomic E-state index is -1.29. The van der Waals surface area contributed by atoms with Gasteiger partial charge in [-0.1, -0.05) is 6.07 Å². The Hall–Kier alpha value is -4.88. The molecule has 312 valence electrons. The fourth-order valence-corrected chi connectivity index (χ4v) is 12.4. The number of carbonyl (C=O) groups excluding carboxylic acids is 2. The Morgan fingerprint density at radius 2 is 1.76 bits per heavy atom. The van der Waals surface area contributed by atoms with E-state index in [1.165, 1.54) is 6.92 Å². The number of ether oxygens (including phenoxy) is 8. The first-order valence-electron chi connectivity index (χ1n) is 20.3. The third-order valence-corrected chi connectivity index (χ3v) is 14.5. The molecule has 7 atom stereocenters. The van der Waals surface area contributed by atoms with Crippen molar-refractivity contribution in [3.63, 3.8) is 0 Å². The summed E-state index contributed by atoms with van der Waals surface area (Å²) < 4.78 is 49.6. The Kier molecular flexibility index (Phi) is 10.1. The molecule has 2 saturated heterocycles. The highest BCUT2D eigenvalue weighted by atomic mass is 32.2. The van der Waals surface area contributed by atoms with Crippen LogP contribution >= 0.6 is 11.8 Å². The number of nitrogens with one attached hydrogen (secondary N) is 1. The number of piperazine rings is 1. The normalized spacial score (nSPS) is 27.7. The summed E-state index contributed by atoms with van der Waals surface area (Å²) in [6.07, 6.45) is 1.26. The number of methoxy groups -OCH3 is 2. The Labute approximate surface area is 348 Å². The van der Waals surface area contributed by atoms with E-state index in [9.17, 15) is 14.9 Å². The molecule has 0 radical (unpaired) electrons. The number of fused-ring (bicyclic) bond motifs is 9. The molecule has 0 aliphatic carbocycles. The van der Waals surface area contributed by atoms with E-state index in [0.717, 1.165) is 33.4 Å². The second kappa shape index (κ2) is 15.0. The van der Waals surface area contributed by atoms with Crippen molar-refractivity contribution >= 4 is 23.7 Å². The highest BCUT2D eigenvalue weighted by Crippen LogP contribution is 2.64. The number of hydrogen-bond donors (Lipinski definition) is 1. The van der Waals surface area contributed by atoms with Crippen LogP contribution in [0.3, 0.4) is 0 Å². The summed E-state index contributed by atoms with van der Waals surface area (Å²) in [6.45, 7) is 10.4. The van der Waals surface area contributed by atoms with Gasteiger partial charge in [0, 0.05) is 53.6 Å². The van der Waals surface area contributed by atoms with Crippen molar-refractivity contribution in [1.29, 1.82) is 5.26 Å². The Morgan fingerprint density at radius 1 is 0.983 bits per heavy atom. The van der Waals surface area contributed by atoms with E-state index < -0.39 is 40.9 Å². The van der Waals surface area contributed by atoms with Crippen molar-refractivity contribution < 1.29 is 47.5 Å². The summed E-state index contributed by atoms with van der Waals surface area (Å²) in [5.41, 5.74) is 5.58. The molecule has 2 fully saturated rings. The fraction of sp³-hybridized carbons (Fsp3) is 0.523. The molecule has 1 unspecified atom stereocenters. The molecule has 0 aromatic heterocycles. The van der Waals surface area contributed by atoms with Gasteiger partial charge in [0.2, 0.25) is 6.79 Å². The Balaban J connectivity index is 1.33. The van der Waals surface area contributed by atoms with E-state index in [0.29, 0.717) is 84.0 Å². The molecule has 4 bridgehead atoms. The highest BCUT2D eigenvalue weighted by Gasteiger charge is 2.62. The van der Waals surface area contributed by atoms with Crippen LogP contribution in [-0.4, -0.2) is 100 Å². The van der Waals surface area contributed by atoms with E-state index in [1.807, 2.05) is 39.8 Å². The van der Waals surface area contributed by atoms with Gasteiger partial charge >= 0.3 is 11.9 Å². The van der Waals surface area contributed by atoms with Gasteiger partial charge in [0.25, 0.3) is 0 Å². The van der Waals surface area contributed by atoms with Crippen molar-refractivity contribution in [2.75, 3.05) is 60.2 Å². The Morgan fingerprint density at radius 3 is 2.47 bits per heavy atom. The van der Waals surface area contributed by atoms with Crippen molar-refractivity contribution in [1.82, 2.24) is 15.1 Å². The molecule has 15 heteroatoms. The molecule has 10 rings (SSSR count). The maximum absolute atomic E-state index is 15.0. The number of carbonyl (C=O) groups is 2. The lowest BCUT2D eigenvalue weighted by Crippen LogP contribution is -2.69. The summed E-state index contributed by atoms with van der Waals surface area (Å²) >= 11 is 1.58. The zero-order chi connectivity index (χ0) is 41.5. The number of esters is 2. The van der Waals surface area contributed by atoms with Crippen LogP contribution in [0.4, 0.5) is 0 Å². The quantitative estimate of drug-likeness (QED) is 0.240. The Bertz CT molecular complexity index is 2300. The predicted octanol–water partition coefficient (Wildman–Crippen LogP) is 5.37. The molecule has 3 aromatic carbocycles. The van der Waals surface area contributed by atoms with Crippen molar-refractivity contribution in [2.24, 2.45) is 0 Å². The molecule has 0 saturated carbocycles. The van der Waals surface area contributed by atoms with Crippen LogP contribution in [0.2, 0.25) is 0 Å². The third-order valence-electron chi connectivity index (χ3n) is 13.0. The van der Waals surface area contributed by atoms with Gasteiger partial charge in [0.05, 0.1) is 50.8 Å². The first-order chi connectivity index (χ1) is 28.5. The van der Waals surface area contributed by atoms with Crippen LogP contribution in [-0.2, 0) is 32.7 Å². The molecule has 7 heterocycles. The zero-order valence-corrected chi connectivity index (χ0v) is 35.5. The third kappa shape index (κ3) is 5.77. The number of benzene rings is 3. The van der Waals surface area contributed by atoms with Gasteiger partial charge in [-0.15, -0.1) is 11.8 Å². The van der Waals surface area contributed by atoms with E-state index in [1.54, 1.807) is 26.0 Å². The van der Waals surface area contributed by atoms with Gasteiger partial charge in [-0.05, 0) is 82.0 Å².